The van der Waals surface area contributed by atoms with E-state index in [0.717, 1.165) is 18.4 Å². The summed E-state index contributed by atoms with van der Waals surface area (Å²) < 4.78 is 0. The Morgan fingerprint density at radius 3 is 2.45 bits per heavy atom. The third kappa shape index (κ3) is 6.18. The summed E-state index contributed by atoms with van der Waals surface area (Å²) in [5.74, 6) is -1.04. The molecule has 1 saturated carbocycles. The minimum Gasteiger partial charge on any atom is -0.481 e. The Morgan fingerprint density at radius 2 is 1.79 bits per heavy atom. The molecule has 1 aliphatic heterocycles. The molecule has 8 heteroatoms. The van der Waals surface area contributed by atoms with E-state index >= 15 is 0 Å². The summed E-state index contributed by atoms with van der Waals surface area (Å²) in [6.07, 6.45) is 3.56. The summed E-state index contributed by atoms with van der Waals surface area (Å²) in [4.78, 5) is 35.9. The summed E-state index contributed by atoms with van der Waals surface area (Å²) in [7, 11) is 0. The molecule has 4 N–H and O–H groups in total. The van der Waals surface area contributed by atoms with Gasteiger partial charge in [-0.05, 0) is 56.1 Å². The van der Waals surface area contributed by atoms with Crippen molar-refractivity contribution in [3.05, 3.63) is 35.4 Å². The molecule has 29 heavy (non-hydrogen) atoms. The SMILES string of the molecule is C[C@H](NC(=O)[C@@H]1Cc2ccccc2CN1)C(=O)NCC1CCC(C(=O)O)CC1.Cl. The van der Waals surface area contributed by atoms with E-state index in [9.17, 15) is 14.4 Å². The zero-order valence-corrected chi connectivity index (χ0v) is 17.5. The van der Waals surface area contributed by atoms with Gasteiger partial charge < -0.3 is 21.1 Å². The van der Waals surface area contributed by atoms with E-state index in [2.05, 4.69) is 22.0 Å². The van der Waals surface area contributed by atoms with Crippen molar-refractivity contribution in [3.63, 3.8) is 0 Å². The minimum absolute atomic E-state index is 0. The molecule has 0 radical (unpaired) electrons. The Hall–Kier alpha value is -2.12. The molecule has 160 valence electrons. The van der Waals surface area contributed by atoms with Crippen molar-refractivity contribution in [2.45, 2.75) is 57.7 Å². The first-order chi connectivity index (χ1) is 13.4. The van der Waals surface area contributed by atoms with E-state index in [1.807, 2.05) is 18.2 Å². The van der Waals surface area contributed by atoms with Gasteiger partial charge in [-0.3, -0.25) is 14.4 Å². The van der Waals surface area contributed by atoms with Crippen LogP contribution in [0.5, 0.6) is 0 Å². The fraction of sp³-hybridized carbons (Fsp3) is 0.571. The van der Waals surface area contributed by atoms with Crippen molar-refractivity contribution in [2.75, 3.05) is 6.54 Å². The summed E-state index contributed by atoms with van der Waals surface area (Å²) in [5, 5.41) is 18.0. The number of amides is 2. The number of carboxylic acid groups (broad SMARTS) is 1. The fourth-order valence-electron chi connectivity index (χ4n) is 4.03. The van der Waals surface area contributed by atoms with Gasteiger partial charge >= 0.3 is 5.97 Å². The number of rotatable bonds is 6. The maximum atomic E-state index is 12.5. The molecular formula is C21H30ClN3O4. The average Bonchev–Trinajstić information content (AvgIpc) is 2.71. The molecule has 0 saturated heterocycles. The van der Waals surface area contributed by atoms with Crippen LogP contribution in [0, 0.1) is 11.8 Å². The van der Waals surface area contributed by atoms with Gasteiger partial charge in [-0.2, -0.15) is 0 Å². The first-order valence-corrected chi connectivity index (χ1v) is 10.0. The van der Waals surface area contributed by atoms with Crippen molar-refractivity contribution in [2.24, 2.45) is 11.8 Å². The van der Waals surface area contributed by atoms with E-state index in [-0.39, 0.29) is 36.2 Å². The van der Waals surface area contributed by atoms with Crippen LogP contribution in [0.3, 0.4) is 0 Å². The molecule has 1 aromatic rings. The molecule has 1 aromatic carbocycles. The van der Waals surface area contributed by atoms with Gasteiger partial charge in [0.15, 0.2) is 0 Å². The van der Waals surface area contributed by atoms with Gasteiger partial charge in [-0.15, -0.1) is 12.4 Å². The zero-order chi connectivity index (χ0) is 20.1. The molecule has 2 amide bonds. The molecular weight excluding hydrogens is 394 g/mol. The Balaban J connectivity index is 0.00000300. The van der Waals surface area contributed by atoms with Crippen LogP contribution in [-0.2, 0) is 27.3 Å². The second-order valence-electron chi connectivity index (χ2n) is 7.94. The summed E-state index contributed by atoms with van der Waals surface area (Å²) >= 11 is 0. The molecule has 0 aromatic heterocycles. The number of carbonyl (C=O) groups is 3. The second-order valence-corrected chi connectivity index (χ2v) is 7.94. The lowest BCUT2D eigenvalue weighted by atomic mass is 9.82. The highest BCUT2D eigenvalue weighted by atomic mass is 35.5. The van der Waals surface area contributed by atoms with Crippen LogP contribution >= 0.6 is 12.4 Å². The minimum atomic E-state index is -0.724. The lowest BCUT2D eigenvalue weighted by molar-refractivity contribution is -0.143. The molecule has 3 rings (SSSR count). The van der Waals surface area contributed by atoms with E-state index in [0.29, 0.717) is 38.3 Å². The van der Waals surface area contributed by atoms with Crippen LogP contribution in [0.2, 0.25) is 0 Å². The molecule has 2 aliphatic rings. The largest absolute Gasteiger partial charge is 0.481 e. The number of nitrogens with one attached hydrogen (secondary N) is 3. The summed E-state index contributed by atoms with van der Waals surface area (Å²) in [6, 6.07) is 7.10. The highest BCUT2D eigenvalue weighted by Crippen LogP contribution is 2.28. The summed E-state index contributed by atoms with van der Waals surface area (Å²) in [6.45, 7) is 2.86. The molecule has 0 unspecified atom stereocenters. The van der Waals surface area contributed by atoms with E-state index < -0.39 is 12.0 Å². The Kier molecular flexibility index (Phi) is 8.46. The number of carboxylic acids is 1. The zero-order valence-electron chi connectivity index (χ0n) is 16.6. The number of hydrogen-bond donors (Lipinski definition) is 4. The van der Waals surface area contributed by atoms with Crippen LogP contribution < -0.4 is 16.0 Å². The number of aliphatic carboxylic acids is 1. The smallest absolute Gasteiger partial charge is 0.306 e. The summed E-state index contributed by atoms with van der Waals surface area (Å²) in [5.41, 5.74) is 2.37. The predicted octanol–water partition coefficient (Wildman–Crippen LogP) is 1.63. The van der Waals surface area contributed by atoms with Crippen LogP contribution in [0.25, 0.3) is 0 Å². The van der Waals surface area contributed by atoms with Crippen LogP contribution in [0.4, 0.5) is 0 Å². The van der Waals surface area contributed by atoms with Crippen molar-refractivity contribution in [1.82, 2.24) is 16.0 Å². The maximum absolute atomic E-state index is 12.5. The van der Waals surface area contributed by atoms with Gasteiger partial charge in [0.2, 0.25) is 11.8 Å². The number of carbonyl (C=O) groups excluding carboxylic acids is 2. The topological polar surface area (TPSA) is 108 Å². The first-order valence-electron chi connectivity index (χ1n) is 10.0. The van der Waals surface area contributed by atoms with Gasteiger partial charge in [0, 0.05) is 13.1 Å². The van der Waals surface area contributed by atoms with Crippen LogP contribution in [0.1, 0.15) is 43.7 Å². The molecule has 1 aliphatic carbocycles. The first kappa shape index (κ1) is 23.2. The lowest BCUT2D eigenvalue weighted by Crippen LogP contribution is -2.53. The molecule has 2 atom stereocenters. The highest BCUT2D eigenvalue weighted by molar-refractivity contribution is 5.89. The Labute approximate surface area is 177 Å². The van der Waals surface area contributed by atoms with Gasteiger partial charge in [0.05, 0.1) is 12.0 Å². The Morgan fingerprint density at radius 1 is 1.14 bits per heavy atom. The standard InChI is InChI=1S/C21H29N3O4.ClH/c1-13(19(25)23-11-14-6-8-15(9-7-14)21(27)28)24-20(26)18-10-16-4-2-3-5-17(16)12-22-18;/h2-5,13-15,18,22H,6-12H2,1H3,(H,23,25)(H,24,26)(H,27,28);1H/t13-,14?,15?,18-;/m0./s1. The van der Waals surface area contributed by atoms with Gasteiger partial charge in [0.1, 0.15) is 6.04 Å². The van der Waals surface area contributed by atoms with Crippen LogP contribution in [-0.4, -0.2) is 41.5 Å². The monoisotopic (exact) mass is 423 g/mol. The fourth-order valence-corrected chi connectivity index (χ4v) is 4.03. The molecule has 7 nitrogen and oxygen atoms in total. The van der Waals surface area contributed by atoms with E-state index in [1.54, 1.807) is 6.92 Å². The van der Waals surface area contributed by atoms with Gasteiger partial charge in [0.25, 0.3) is 0 Å². The second kappa shape index (κ2) is 10.6. The maximum Gasteiger partial charge on any atom is 0.306 e. The predicted molar refractivity (Wildman–Crippen MR) is 112 cm³/mol. The third-order valence-electron chi connectivity index (χ3n) is 5.91. The van der Waals surface area contributed by atoms with E-state index in [1.165, 1.54) is 5.56 Å². The third-order valence-corrected chi connectivity index (χ3v) is 5.91. The van der Waals surface area contributed by atoms with Crippen LogP contribution in [0.15, 0.2) is 24.3 Å². The molecule has 1 fully saturated rings. The van der Waals surface area contributed by atoms with Crippen molar-refractivity contribution < 1.29 is 19.5 Å². The lowest BCUT2D eigenvalue weighted by Gasteiger charge is -2.28. The quantitative estimate of drug-likeness (QED) is 0.556. The number of halogens is 1. The van der Waals surface area contributed by atoms with Gasteiger partial charge in [-0.25, -0.2) is 0 Å². The number of fused-ring (bicyclic) bond motifs is 1. The Bertz CT molecular complexity index is 734. The highest BCUT2D eigenvalue weighted by Gasteiger charge is 2.28. The normalized spacial score (nSPS) is 24.4. The molecule has 0 bridgehead atoms. The van der Waals surface area contributed by atoms with Crippen molar-refractivity contribution in [3.8, 4) is 0 Å². The number of hydrogen-bond acceptors (Lipinski definition) is 4. The molecule has 0 spiro atoms. The number of benzene rings is 1. The van der Waals surface area contributed by atoms with Gasteiger partial charge in [-0.1, -0.05) is 24.3 Å². The van der Waals surface area contributed by atoms with Crippen molar-refractivity contribution >= 4 is 30.2 Å². The molecule has 1 heterocycles. The average molecular weight is 424 g/mol. The van der Waals surface area contributed by atoms with Crippen molar-refractivity contribution in [1.29, 1.82) is 0 Å². The van der Waals surface area contributed by atoms with E-state index in [4.69, 9.17) is 5.11 Å².